The summed E-state index contributed by atoms with van der Waals surface area (Å²) in [5.74, 6) is -1.12. The number of hydrogen-bond acceptors (Lipinski definition) is 3. The van der Waals surface area contributed by atoms with Gasteiger partial charge in [0.05, 0.1) is 6.20 Å². The van der Waals surface area contributed by atoms with Crippen LogP contribution in [0.25, 0.3) is 6.08 Å². The van der Waals surface area contributed by atoms with E-state index in [0.717, 1.165) is 6.08 Å². The second-order valence-corrected chi connectivity index (χ2v) is 3.66. The average molecular weight is 259 g/mol. The van der Waals surface area contributed by atoms with Crippen LogP contribution in [0, 0.1) is 5.82 Å². The molecular formula is C14H10FNO3. The van der Waals surface area contributed by atoms with E-state index in [9.17, 15) is 9.18 Å². The second-order valence-electron chi connectivity index (χ2n) is 3.66. The van der Waals surface area contributed by atoms with Crippen molar-refractivity contribution >= 4 is 12.0 Å². The van der Waals surface area contributed by atoms with Crippen LogP contribution in [0.4, 0.5) is 4.39 Å². The lowest BCUT2D eigenvalue weighted by Crippen LogP contribution is -1.90. The van der Waals surface area contributed by atoms with Gasteiger partial charge in [0, 0.05) is 12.3 Å². The van der Waals surface area contributed by atoms with Crippen LogP contribution in [0.15, 0.2) is 48.8 Å². The highest BCUT2D eigenvalue weighted by Crippen LogP contribution is 2.24. The SMILES string of the molecule is O=C(O)/C=C/c1cncc(Oc2ccccc2F)c1. The summed E-state index contributed by atoms with van der Waals surface area (Å²) in [6.45, 7) is 0. The van der Waals surface area contributed by atoms with Crippen molar-refractivity contribution in [3.05, 3.63) is 60.2 Å². The normalized spacial score (nSPS) is 10.6. The molecule has 0 bridgehead atoms. The number of benzene rings is 1. The smallest absolute Gasteiger partial charge is 0.328 e. The number of aliphatic carboxylic acids is 1. The third-order valence-corrected chi connectivity index (χ3v) is 2.22. The van der Waals surface area contributed by atoms with Crippen molar-refractivity contribution in [2.45, 2.75) is 0 Å². The molecule has 5 heteroatoms. The number of hydrogen-bond donors (Lipinski definition) is 1. The van der Waals surface area contributed by atoms with E-state index in [0.29, 0.717) is 11.3 Å². The summed E-state index contributed by atoms with van der Waals surface area (Å²) in [4.78, 5) is 14.3. The highest BCUT2D eigenvalue weighted by Gasteiger charge is 2.03. The summed E-state index contributed by atoms with van der Waals surface area (Å²) in [6.07, 6.45) is 5.27. The lowest BCUT2D eigenvalue weighted by atomic mass is 10.2. The molecule has 1 aromatic heterocycles. The van der Waals surface area contributed by atoms with Gasteiger partial charge in [-0.2, -0.15) is 0 Å². The van der Waals surface area contributed by atoms with Gasteiger partial charge in [0.15, 0.2) is 11.6 Å². The Kier molecular flexibility index (Phi) is 3.87. The molecule has 0 aliphatic heterocycles. The minimum atomic E-state index is -1.06. The molecule has 0 aliphatic carbocycles. The first-order chi connectivity index (χ1) is 9.15. The Balaban J connectivity index is 2.20. The minimum Gasteiger partial charge on any atom is -0.478 e. The number of carboxylic acid groups (broad SMARTS) is 1. The van der Waals surface area contributed by atoms with Crippen LogP contribution in [-0.4, -0.2) is 16.1 Å². The molecular weight excluding hydrogens is 249 g/mol. The van der Waals surface area contributed by atoms with Gasteiger partial charge in [0.2, 0.25) is 0 Å². The first-order valence-corrected chi connectivity index (χ1v) is 5.43. The van der Waals surface area contributed by atoms with Crippen LogP contribution < -0.4 is 4.74 Å². The summed E-state index contributed by atoms with van der Waals surface area (Å²) in [5, 5.41) is 8.53. The van der Waals surface area contributed by atoms with Gasteiger partial charge in [-0.25, -0.2) is 9.18 Å². The highest BCUT2D eigenvalue weighted by atomic mass is 19.1. The van der Waals surface area contributed by atoms with Gasteiger partial charge in [0.1, 0.15) is 5.75 Å². The van der Waals surface area contributed by atoms with E-state index in [1.54, 1.807) is 18.2 Å². The van der Waals surface area contributed by atoms with Crippen LogP contribution in [0.3, 0.4) is 0 Å². The fraction of sp³-hybridized carbons (Fsp3) is 0. The number of pyridine rings is 1. The number of halogens is 1. The monoisotopic (exact) mass is 259 g/mol. The zero-order valence-electron chi connectivity index (χ0n) is 9.79. The number of aromatic nitrogens is 1. The van der Waals surface area contributed by atoms with Crippen LogP contribution >= 0.6 is 0 Å². The summed E-state index contributed by atoms with van der Waals surface area (Å²) in [5.41, 5.74) is 0.552. The van der Waals surface area contributed by atoms with Crippen LogP contribution in [0.5, 0.6) is 11.5 Å². The van der Waals surface area contributed by atoms with Crippen LogP contribution in [-0.2, 0) is 4.79 Å². The van der Waals surface area contributed by atoms with Gasteiger partial charge in [-0.05, 0) is 29.8 Å². The van der Waals surface area contributed by atoms with E-state index in [-0.39, 0.29) is 5.75 Å². The lowest BCUT2D eigenvalue weighted by Gasteiger charge is -2.06. The van der Waals surface area contributed by atoms with E-state index in [4.69, 9.17) is 9.84 Å². The predicted octanol–water partition coefficient (Wildman–Crippen LogP) is 3.11. The van der Waals surface area contributed by atoms with E-state index in [1.165, 1.54) is 30.6 Å². The average Bonchev–Trinajstić information content (AvgIpc) is 2.40. The topological polar surface area (TPSA) is 59.4 Å². The number of rotatable bonds is 4. The Labute approximate surface area is 108 Å². The molecule has 0 unspecified atom stereocenters. The molecule has 96 valence electrons. The van der Waals surface area contributed by atoms with Crippen molar-refractivity contribution < 1.29 is 19.0 Å². The van der Waals surface area contributed by atoms with E-state index in [2.05, 4.69) is 4.98 Å². The largest absolute Gasteiger partial charge is 0.478 e. The van der Waals surface area contributed by atoms with Gasteiger partial charge in [-0.3, -0.25) is 4.98 Å². The van der Waals surface area contributed by atoms with Crippen molar-refractivity contribution in [3.8, 4) is 11.5 Å². The molecule has 1 N–H and O–H groups in total. The molecule has 0 saturated carbocycles. The maximum atomic E-state index is 13.4. The van der Waals surface area contributed by atoms with Crippen LogP contribution in [0.1, 0.15) is 5.56 Å². The zero-order valence-corrected chi connectivity index (χ0v) is 9.79. The number of carbonyl (C=O) groups is 1. The number of carboxylic acids is 1. The van der Waals surface area contributed by atoms with Gasteiger partial charge in [-0.1, -0.05) is 12.1 Å². The van der Waals surface area contributed by atoms with Crippen molar-refractivity contribution in [1.29, 1.82) is 0 Å². The maximum absolute atomic E-state index is 13.4. The molecule has 2 rings (SSSR count). The Bertz CT molecular complexity index is 626. The van der Waals surface area contributed by atoms with Gasteiger partial charge in [0.25, 0.3) is 0 Å². The van der Waals surface area contributed by atoms with E-state index in [1.807, 2.05) is 0 Å². The molecule has 1 aromatic carbocycles. The predicted molar refractivity (Wildman–Crippen MR) is 67.4 cm³/mol. The number of nitrogens with zero attached hydrogens (tertiary/aromatic N) is 1. The van der Waals surface area contributed by atoms with E-state index >= 15 is 0 Å². The Morgan fingerprint density at radius 3 is 2.84 bits per heavy atom. The third kappa shape index (κ3) is 3.64. The summed E-state index contributed by atoms with van der Waals surface area (Å²) in [7, 11) is 0. The molecule has 0 spiro atoms. The number of para-hydroxylation sites is 1. The van der Waals surface area contributed by atoms with Crippen LogP contribution in [0.2, 0.25) is 0 Å². The van der Waals surface area contributed by atoms with Gasteiger partial charge in [-0.15, -0.1) is 0 Å². The second kappa shape index (κ2) is 5.77. The van der Waals surface area contributed by atoms with E-state index < -0.39 is 11.8 Å². The molecule has 4 nitrogen and oxygen atoms in total. The van der Waals surface area contributed by atoms with Gasteiger partial charge >= 0.3 is 5.97 Å². The summed E-state index contributed by atoms with van der Waals surface area (Å²) >= 11 is 0. The fourth-order valence-electron chi connectivity index (χ4n) is 1.40. The lowest BCUT2D eigenvalue weighted by molar-refractivity contribution is -0.131. The molecule has 1 heterocycles. The molecule has 0 aliphatic rings. The summed E-state index contributed by atoms with van der Waals surface area (Å²) in [6, 6.07) is 7.57. The molecule has 0 saturated heterocycles. The highest BCUT2D eigenvalue weighted by molar-refractivity contribution is 5.85. The molecule has 0 amide bonds. The first kappa shape index (κ1) is 12.8. The molecule has 0 atom stereocenters. The van der Waals surface area contributed by atoms with Crippen molar-refractivity contribution in [3.63, 3.8) is 0 Å². The molecule has 19 heavy (non-hydrogen) atoms. The maximum Gasteiger partial charge on any atom is 0.328 e. The molecule has 0 radical (unpaired) electrons. The summed E-state index contributed by atoms with van der Waals surface area (Å²) < 4.78 is 18.7. The minimum absolute atomic E-state index is 0.0867. The Morgan fingerprint density at radius 1 is 1.32 bits per heavy atom. The first-order valence-electron chi connectivity index (χ1n) is 5.43. The third-order valence-electron chi connectivity index (χ3n) is 2.22. The van der Waals surface area contributed by atoms with Gasteiger partial charge < -0.3 is 9.84 Å². The standard InChI is InChI=1S/C14H10FNO3/c15-12-3-1-2-4-13(12)19-11-7-10(8-16-9-11)5-6-14(17)18/h1-9H,(H,17,18)/b6-5+. The molecule has 2 aromatic rings. The number of ether oxygens (including phenoxy) is 1. The quantitative estimate of drug-likeness (QED) is 0.857. The Morgan fingerprint density at radius 2 is 2.11 bits per heavy atom. The molecule has 0 fully saturated rings. The van der Waals surface area contributed by atoms with Crippen molar-refractivity contribution in [1.82, 2.24) is 4.98 Å². The van der Waals surface area contributed by atoms with Crippen molar-refractivity contribution in [2.75, 3.05) is 0 Å². The van der Waals surface area contributed by atoms with Crippen molar-refractivity contribution in [2.24, 2.45) is 0 Å². The Hall–Kier alpha value is -2.69. The fourth-order valence-corrected chi connectivity index (χ4v) is 1.40. The zero-order chi connectivity index (χ0) is 13.7.